The summed E-state index contributed by atoms with van der Waals surface area (Å²) in [7, 11) is 0. The Morgan fingerprint density at radius 1 is 0.870 bits per heavy atom. The van der Waals surface area contributed by atoms with Gasteiger partial charge in [-0.15, -0.1) is 0 Å². The van der Waals surface area contributed by atoms with Crippen LogP contribution in [0.4, 0.5) is 0 Å². The number of amides is 2. The summed E-state index contributed by atoms with van der Waals surface area (Å²) in [6, 6.07) is -1.37. The third-order valence-corrected chi connectivity index (χ3v) is 6.33. The number of nitrogens with zero attached hydrogens (tertiary/aromatic N) is 5. The Morgan fingerprint density at radius 2 is 1.37 bits per heavy atom. The predicted molar refractivity (Wildman–Crippen MR) is 154 cm³/mol. The second-order valence-electron chi connectivity index (χ2n) is 11.1. The molecular formula is C28H39N7O11. The second-order valence-corrected chi connectivity index (χ2v) is 11.1. The van der Waals surface area contributed by atoms with Crippen LogP contribution in [0.15, 0.2) is 24.8 Å². The zero-order valence-electron chi connectivity index (χ0n) is 25.8. The summed E-state index contributed by atoms with van der Waals surface area (Å²) in [6.07, 6.45) is 5.91. The van der Waals surface area contributed by atoms with E-state index in [2.05, 4.69) is 20.6 Å². The summed E-state index contributed by atoms with van der Waals surface area (Å²) in [5.41, 5.74) is -0.652. The first-order chi connectivity index (χ1) is 21.6. The SMILES string of the molecule is CC(C)(C)C(=O)CN(Cc1nccn1CC(=O)NCCCC(=O)O)Cc1nccn1CC(=O)N[C@@H](CCC(=O)O)C(=O)O.O=C=O. The molecule has 0 aromatic carbocycles. The molecule has 0 saturated heterocycles. The standard InChI is InChI=1S/C27H39N7O9.CO2/c1-27(2,3)19(35)13-32(14-20-28-9-11-33(20)16-22(36)30-8-4-5-24(38)39)15-21-29-10-12-34(21)17-23(37)31-18(26(42)43)6-7-25(40)41;2-1-3/h9-12,18H,4-8,13-17H2,1-3H3,(H,30,36)(H,31,37)(H,38,39)(H,40,41)(H,42,43);/t18-;/m0./s1. The summed E-state index contributed by atoms with van der Waals surface area (Å²) in [5.74, 6) is -3.63. The number of hydrogen-bond acceptors (Lipinski definition) is 11. The zero-order chi connectivity index (χ0) is 34.9. The molecule has 0 aliphatic carbocycles. The summed E-state index contributed by atoms with van der Waals surface area (Å²) in [6.45, 7) is 5.49. The van der Waals surface area contributed by atoms with E-state index in [0.29, 0.717) is 18.1 Å². The summed E-state index contributed by atoms with van der Waals surface area (Å²) < 4.78 is 3.11. The van der Waals surface area contributed by atoms with Gasteiger partial charge in [0.25, 0.3) is 0 Å². The number of carboxylic acid groups (broad SMARTS) is 3. The molecule has 0 aliphatic heterocycles. The minimum absolute atomic E-state index is 0.00702. The first-order valence-corrected chi connectivity index (χ1v) is 14.0. The molecule has 5 N–H and O–H groups in total. The van der Waals surface area contributed by atoms with Crippen molar-refractivity contribution in [3.05, 3.63) is 36.4 Å². The fourth-order valence-corrected chi connectivity index (χ4v) is 3.88. The van der Waals surface area contributed by atoms with Crippen LogP contribution in [-0.4, -0.2) is 100 Å². The molecule has 18 nitrogen and oxygen atoms in total. The number of carbonyl (C=O) groups is 6. The lowest BCUT2D eigenvalue weighted by atomic mass is 9.90. The maximum atomic E-state index is 13.0. The molecule has 0 unspecified atom stereocenters. The molecule has 252 valence electrons. The molecule has 0 radical (unpaired) electrons. The Kier molecular flexibility index (Phi) is 16.2. The molecule has 46 heavy (non-hydrogen) atoms. The first kappa shape index (κ1) is 38.8. The Hall–Kier alpha value is -5.22. The van der Waals surface area contributed by atoms with Crippen LogP contribution in [-0.2, 0) is 64.5 Å². The van der Waals surface area contributed by atoms with E-state index in [-0.39, 0.29) is 70.0 Å². The average Bonchev–Trinajstić information content (AvgIpc) is 3.57. The third kappa shape index (κ3) is 15.0. The number of carboxylic acids is 3. The summed E-state index contributed by atoms with van der Waals surface area (Å²) in [5, 5.41) is 31.9. The average molecular weight is 650 g/mol. The molecule has 2 aromatic heterocycles. The van der Waals surface area contributed by atoms with Crippen molar-refractivity contribution < 1.29 is 53.7 Å². The quantitative estimate of drug-likeness (QED) is 0.121. The Bertz CT molecular complexity index is 1390. The fourth-order valence-electron chi connectivity index (χ4n) is 3.88. The van der Waals surface area contributed by atoms with Crippen molar-refractivity contribution in [2.75, 3.05) is 13.1 Å². The van der Waals surface area contributed by atoms with Crippen molar-refractivity contribution in [2.45, 2.75) is 78.7 Å². The molecule has 0 aliphatic rings. The minimum Gasteiger partial charge on any atom is -0.481 e. The van der Waals surface area contributed by atoms with Crippen LogP contribution in [0.2, 0.25) is 0 Å². The Morgan fingerprint density at radius 3 is 1.83 bits per heavy atom. The molecule has 2 aromatic rings. The van der Waals surface area contributed by atoms with Gasteiger partial charge in [0.15, 0.2) is 5.78 Å². The van der Waals surface area contributed by atoms with Crippen molar-refractivity contribution in [1.29, 1.82) is 0 Å². The lowest BCUT2D eigenvalue weighted by Gasteiger charge is -2.26. The maximum Gasteiger partial charge on any atom is 0.373 e. The van der Waals surface area contributed by atoms with Crippen LogP contribution in [0, 0.1) is 5.41 Å². The molecule has 0 saturated carbocycles. The van der Waals surface area contributed by atoms with Gasteiger partial charge >= 0.3 is 24.1 Å². The van der Waals surface area contributed by atoms with Crippen molar-refractivity contribution in [3.63, 3.8) is 0 Å². The van der Waals surface area contributed by atoms with Gasteiger partial charge < -0.3 is 35.1 Å². The fraction of sp³-hybridized carbons (Fsp3) is 0.536. The van der Waals surface area contributed by atoms with Crippen LogP contribution in [0.25, 0.3) is 0 Å². The number of rotatable bonds is 19. The molecule has 1 atom stereocenters. The molecule has 0 bridgehead atoms. The Labute approximate surface area is 263 Å². The largest absolute Gasteiger partial charge is 0.481 e. The molecule has 2 amide bonds. The van der Waals surface area contributed by atoms with E-state index in [1.54, 1.807) is 36.4 Å². The number of imidazole rings is 2. The van der Waals surface area contributed by atoms with E-state index in [0.717, 1.165) is 0 Å². The summed E-state index contributed by atoms with van der Waals surface area (Å²) in [4.78, 5) is 97.6. The van der Waals surface area contributed by atoms with Crippen molar-refractivity contribution in [3.8, 4) is 0 Å². The molecule has 18 heteroatoms. The van der Waals surface area contributed by atoms with Gasteiger partial charge in [-0.05, 0) is 12.8 Å². The smallest absolute Gasteiger partial charge is 0.373 e. The van der Waals surface area contributed by atoms with Crippen LogP contribution in [0.1, 0.15) is 58.1 Å². The monoisotopic (exact) mass is 649 g/mol. The topological polar surface area (TPSA) is 260 Å². The van der Waals surface area contributed by atoms with E-state index >= 15 is 0 Å². The minimum atomic E-state index is -1.37. The highest BCUT2D eigenvalue weighted by Crippen LogP contribution is 2.17. The van der Waals surface area contributed by atoms with Gasteiger partial charge in [-0.1, -0.05) is 20.8 Å². The number of aromatic nitrogens is 4. The predicted octanol–water partition coefficient (Wildman–Crippen LogP) is -0.471. The number of hydrogen-bond donors (Lipinski definition) is 5. The van der Waals surface area contributed by atoms with Gasteiger partial charge in [0, 0.05) is 49.6 Å². The van der Waals surface area contributed by atoms with Crippen LogP contribution in [0.5, 0.6) is 0 Å². The van der Waals surface area contributed by atoms with Crippen LogP contribution >= 0.6 is 0 Å². The lowest BCUT2D eigenvalue weighted by molar-refractivity contribution is -0.191. The molecule has 0 spiro atoms. The number of ketones is 1. The van der Waals surface area contributed by atoms with E-state index in [9.17, 15) is 33.9 Å². The highest BCUT2D eigenvalue weighted by Gasteiger charge is 2.26. The van der Waals surface area contributed by atoms with E-state index < -0.39 is 41.7 Å². The van der Waals surface area contributed by atoms with Gasteiger partial charge in [-0.2, -0.15) is 9.59 Å². The number of nitrogens with one attached hydrogen (secondary N) is 2. The van der Waals surface area contributed by atoms with E-state index in [4.69, 9.17) is 19.8 Å². The highest BCUT2D eigenvalue weighted by atomic mass is 16.4. The molecule has 2 rings (SSSR count). The van der Waals surface area contributed by atoms with Gasteiger partial charge in [0.2, 0.25) is 11.8 Å². The van der Waals surface area contributed by atoms with Gasteiger partial charge in [0.05, 0.1) is 19.6 Å². The number of carbonyl (C=O) groups excluding carboxylic acids is 5. The van der Waals surface area contributed by atoms with Crippen LogP contribution < -0.4 is 10.6 Å². The van der Waals surface area contributed by atoms with Gasteiger partial charge in [-0.25, -0.2) is 14.8 Å². The van der Waals surface area contributed by atoms with Crippen molar-refractivity contribution in [2.24, 2.45) is 5.41 Å². The number of aliphatic carboxylic acids is 3. The van der Waals surface area contributed by atoms with Crippen molar-refractivity contribution in [1.82, 2.24) is 34.6 Å². The Balaban J connectivity index is 0.00000338. The summed E-state index contributed by atoms with van der Waals surface area (Å²) >= 11 is 0. The normalized spacial score (nSPS) is 11.5. The highest BCUT2D eigenvalue weighted by molar-refractivity contribution is 5.85. The molecule has 0 fully saturated rings. The lowest BCUT2D eigenvalue weighted by Crippen LogP contribution is -2.42. The molecule has 2 heterocycles. The van der Waals surface area contributed by atoms with Crippen LogP contribution in [0.3, 0.4) is 0 Å². The second kappa shape index (κ2) is 19.2. The zero-order valence-corrected chi connectivity index (χ0v) is 25.8. The maximum absolute atomic E-state index is 13.0. The first-order valence-electron chi connectivity index (χ1n) is 14.0. The number of Topliss-reactive ketones (excluding diaryl/α,β-unsaturated/α-hetero) is 1. The van der Waals surface area contributed by atoms with Crippen molar-refractivity contribution >= 4 is 41.7 Å². The van der Waals surface area contributed by atoms with E-state index in [1.807, 2.05) is 0 Å². The van der Waals surface area contributed by atoms with Gasteiger partial charge in [-0.3, -0.25) is 28.9 Å². The molecular weight excluding hydrogens is 610 g/mol. The third-order valence-electron chi connectivity index (χ3n) is 6.33. The van der Waals surface area contributed by atoms with Gasteiger partial charge in [0.1, 0.15) is 30.8 Å². The van der Waals surface area contributed by atoms with E-state index in [1.165, 1.54) is 23.2 Å².